The normalized spacial score (nSPS) is 11.0. The molecule has 3 rings (SSSR count). The molecule has 0 atom stereocenters. The molecule has 5 nitrogen and oxygen atoms in total. The molecule has 2 N–H and O–H groups in total. The molecule has 1 aromatic carbocycles. The molecule has 0 radical (unpaired) electrons. The number of carboxylic acid groups (broad SMARTS) is 1. The summed E-state index contributed by atoms with van der Waals surface area (Å²) in [6, 6.07) is 5.32. The van der Waals surface area contributed by atoms with Crippen molar-refractivity contribution in [2.24, 2.45) is 0 Å². The fraction of sp³-hybridized carbons (Fsp3) is 0. The molecule has 5 heteroatoms. The molecule has 0 bridgehead atoms. The molecule has 0 unspecified atom stereocenters. The van der Waals surface area contributed by atoms with Crippen molar-refractivity contribution in [2.75, 3.05) is 0 Å². The number of nitrogens with one attached hydrogen (secondary N) is 1. The summed E-state index contributed by atoms with van der Waals surface area (Å²) in [5.74, 6) is -0.974. The number of hydrogen-bond acceptors (Lipinski definition) is 3. The molecule has 0 saturated heterocycles. The zero-order valence-electron chi connectivity index (χ0n) is 8.14. The van der Waals surface area contributed by atoms with E-state index in [2.05, 4.69) is 15.0 Å². The monoisotopic (exact) mass is 213 g/mol. The lowest BCUT2D eigenvalue weighted by Gasteiger charge is -1.96. The van der Waals surface area contributed by atoms with Crippen LogP contribution in [0.3, 0.4) is 0 Å². The SMILES string of the molecule is O=C(O)c1cc2ccc3cncnc3c2[nH]1. The van der Waals surface area contributed by atoms with Crippen molar-refractivity contribution in [3.05, 3.63) is 36.4 Å². The molecule has 78 valence electrons. The van der Waals surface area contributed by atoms with Gasteiger partial charge < -0.3 is 10.1 Å². The molecule has 3 aromatic rings. The number of aromatic carboxylic acids is 1. The minimum absolute atomic E-state index is 0.168. The van der Waals surface area contributed by atoms with Crippen molar-refractivity contribution in [1.29, 1.82) is 0 Å². The van der Waals surface area contributed by atoms with Gasteiger partial charge in [0.2, 0.25) is 0 Å². The summed E-state index contributed by atoms with van der Waals surface area (Å²) in [4.78, 5) is 21.8. The minimum atomic E-state index is -0.974. The first-order chi connectivity index (χ1) is 7.75. The summed E-state index contributed by atoms with van der Waals surface area (Å²) >= 11 is 0. The van der Waals surface area contributed by atoms with Gasteiger partial charge in [-0.25, -0.2) is 14.8 Å². The van der Waals surface area contributed by atoms with Crippen LogP contribution in [0.4, 0.5) is 0 Å². The Morgan fingerprint density at radius 2 is 2.12 bits per heavy atom. The molecule has 0 spiro atoms. The molecule has 0 aliphatic carbocycles. The van der Waals surface area contributed by atoms with Crippen molar-refractivity contribution in [3.63, 3.8) is 0 Å². The van der Waals surface area contributed by atoms with Crippen molar-refractivity contribution in [1.82, 2.24) is 15.0 Å². The lowest BCUT2D eigenvalue weighted by molar-refractivity contribution is 0.0691. The topological polar surface area (TPSA) is 78.9 Å². The Morgan fingerprint density at radius 3 is 2.94 bits per heavy atom. The molecule has 16 heavy (non-hydrogen) atoms. The van der Waals surface area contributed by atoms with E-state index in [1.165, 1.54) is 6.33 Å². The van der Waals surface area contributed by atoms with Gasteiger partial charge in [0.05, 0.1) is 11.0 Å². The zero-order chi connectivity index (χ0) is 11.1. The van der Waals surface area contributed by atoms with Gasteiger partial charge in [0.15, 0.2) is 0 Å². The van der Waals surface area contributed by atoms with E-state index >= 15 is 0 Å². The highest BCUT2D eigenvalue weighted by Crippen LogP contribution is 2.23. The average molecular weight is 213 g/mol. The van der Waals surface area contributed by atoms with Crippen LogP contribution >= 0.6 is 0 Å². The van der Waals surface area contributed by atoms with Crippen molar-refractivity contribution in [3.8, 4) is 0 Å². The Morgan fingerprint density at radius 1 is 1.31 bits per heavy atom. The lowest BCUT2D eigenvalue weighted by Crippen LogP contribution is -1.94. The van der Waals surface area contributed by atoms with Gasteiger partial charge in [-0.05, 0) is 6.07 Å². The van der Waals surface area contributed by atoms with Crippen LogP contribution in [-0.2, 0) is 0 Å². The largest absolute Gasteiger partial charge is 0.477 e. The van der Waals surface area contributed by atoms with Crippen molar-refractivity contribution in [2.45, 2.75) is 0 Å². The molecule has 0 fully saturated rings. The average Bonchev–Trinajstić information content (AvgIpc) is 2.73. The van der Waals surface area contributed by atoms with E-state index in [1.807, 2.05) is 12.1 Å². The number of carbonyl (C=O) groups is 1. The second-order valence-corrected chi connectivity index (χ2v) is 3.48. The first-order valence-corrected chi connectivity index (χ1v) is 4.70. The van der Waals surface area contributed by atoms with Crippen LogP contribution in [0.2, 0.25) is 0 Å². The first-order valence-electron chi connectivity index (χ1n) is 4.70. The van der Waals surface area contributed by atoms with Crippen molar-refractivity contribution >= 4 is 27.8 Å². The molecule has 2 heterocycles. The molecular formula is C11H7N3O2. The summed E-state index contributed by atoms with van der Waals surface area (Å²) in [5.41, 5.74) is 1.64. The third kappa shape index (κ3) is 1.15. The van der Waals surface area contributed by atoms with Gasteiger partial charge in [-0.2, -0.15) is 0 Å². The van der Waals surface area contributed by atoms with Crippen molar-refractivity contribution < 1.29 is 9.90 Å². The number of hydrogen-bond donors (Lipinski definition) is 2. The van der Waals surface area contributed by atoms with Crippen LogP contribution in [0.5, 0.6) is 0 Å². The predicted molar refractivity (Wildman–Crippen MR) is 58.4 cm³/mol. The van der Waals surface area contributed by atoms with Gasteiger partial charge in [0.1, 0.15) is 12.0 Å². The first kappa shape index (κ1) is 8.84. The zero-order valence-corrected chi connectivity index (χ0v) is 8.14. The number of H-pyrrole nitrogens is 1. The Balaban J connectivity index is 2.46. The molecule has 0 aliphatic rings. The van der Waals surface area contributed by atoms with Crippen LogP contribution in [0.25, 0.3) is 21.8 Å². The van der Waals surface area contributed by atoms with Crippen LogP contribution in [0.15, 0.2) is 30.7 Å². The quantitative estimate of drug-likeness (QED) is 0.646. The van der Waals surface area contributed by atoms with E-state index in [1.54, 1.807) is 12.3 Å². The minimum Gasteiger partial charge on any atom is -0.477 e. The number of rotatable bonds is 1. The van der Waals surface area contributed by atoms with Gasteiger partial charge in [-0.1, -0.05) is 12.1 Å². The van der Waals surface area contributed by atoms with Gasteiger partial charge in [0.25, 0.3) is 0 Å². The van der Waals surface area contributed by atoms with E-state index in [-0.39, 0.29) is 5.69 Å². The van der Waals surface area contributed by atoms with Crippen LogP contribution in [0.1, 0.15) is 10.5 Å². The van der Waals surface area contributed by atoms with Gasteiger partial charge >= 0.3 is 5.97 Å². The number of nitrogens with zero attached hydrogens (tertiary/aromatic N) is 2. The van der Waals surface area contributed by atoms with E-state index in [9.17, 15) is 4.79 Å². The highest BCUT2D eigenvalue weighted by Gasteiger charge is 2.09. The number of carboxylic acids is 1. The Hall–Kier alpha value is -2.43. The standard InChI is InChI=1S/C11H7N3O2/c15-11(16)8-3-6-1-2-7-4-12-5-13-9(7)10(6)14-8/h1-5,14H,(H,15,16). The summed E-state index contributed by atoms with van der Waals surface area (Å²) in [6.45, 7) is 0. The smallest absolute Gasteiger partial charge is 0.352 e. The maximum absolute atomic E-state index is 10.8. The maximum Gasteiger partial charge on any atom is 0.352 e. The van der Waals surface area contributed by atoms with E-state index in [0.29, 0.717) is 0 Å². The third-order valence-electron chi connectivity index (χ3n) is 2.50. The van der Waals surface area contributed by atoms with Crippen LogP contribution < -0.4 is 0 Å². The Kier molecular flexibility index (Phi) is 1.67. The summed E-state index contributed by atoms with van der Waals surface area (Å²) in [6.07, 6.45) is 3.14. The lowest BCUT2D eigenvalue weighted by atomic mass is 10.2. The highest BCUT2D eigenvalue weighted by molar-refractivity contribution is 6.05. The molecule has 0 saturated carbocycles. The fourth-order valence-corrected chi connectivity index (χ4v) is 1.76. The van der Waals surface area contributed by atoms with E-state index < -0.39 is 5.97 Å². The molecule has 2 aromatic heterocycles. The van der Waals surface area contributed by atoms with E-state index in [4.69, 9.17) is 5.11 Å². The Labute approximate surface area is 89.8 Å². The molecular weight excluding hydrogens is 206 g/mol. The predicted octanol–water partition coefficient (Wildman–Crippen LogP) is 1.81. The second kappa shape index (κ2) is 3.03. The highest BCUT2D eigenvalue weighted by atomic mass is 16.4. The summed E-state index contributed by atoms with van der Waals surface area (Å²) < 4.78 is 0. The third-order valence-corrected chi connectivity index (χ3v) is 2.50. The molecule has 0 aliphatic heterocycles. The van der Waals surface area contributed by atoms with E-state index in [0.717, 1.165) is 21.8 Å². The maximum atomic E-state index is 10.8. The van der Waals surface area contributed by atoms with Crippen LogP contribution in [0, 0.1) is 0 Å². The molecule has 0 amide bonds. The Bertz CT molecular complexity index is 703. The number of fused-ring (bicyclic) bond motifs is 3. The van der Waals surface area contributed by atoms with Crippen LogP contribution in [-0.4, -0.2) is 26.0 Å². The van der Waals surface area contributed by atoms with Gasteiger partial charge in [-0.3, -0.25) is 0 Å². The summed E-state index contributed by atoms with van der Waals surface area (Å²) in [5, 5.41) is 10.6. The second-order valence-electron chi connectivity index (χ2n) is 3.48. The van der Waals surface area contributed by atoms with Gasteiger partial charge in [-0.15, -0.1) is 0 Å². The van der Waals surface area contributed by atoms with Gasteiger partial charge in [0, 0.05) is 17.0 Å². The summed E-state index contributed by atoms with van der Waals surface area (Å²) in [7, 11) is 0. The number of benzene rings is 1. The fourth-order valence-electron chi connectivity index (χ4n) is 1.76. The number of aromatic amines is 1. The number of aromatic nitrogens is 3.